The van der Waals surface area contributed by atoms with Gasteiger partial charge in [0.25, 0.3) is 0 Å². The van der Waals surface area contributed by atoms with Crippen LogP contribution in [-0.2, 0) is 17.8 Å². The van der Waals surface area contributed by atoms with E-state index in [-0.39, 0.29) is 0 Å². The topological polar surface area (TPSA) is 54.9 Å². The molecule has 2 aromatic heterocycles. The second-order valence-electron chi connectivity index (χ2n) is 4.66. The first-order chi connectivity index (χ1) is 8.90. The van der Waals surface area contributed by atoms with E-state index in [1.165, 1.54) is 12.0 Å². The Labute approximate surface area is 106 Å². The highest BCUT2D eigenvalue weighted by atomic mass is 16.5. The SMILES string of the molecule is c1cc(CNc2cnn(CC3CCCO3)c2)c[nH]1. The molecule has 5 nitrogen and oxygen atoms in total. The van der Waals surface area contributed by atoms with Crippen molar-refractivity contribution in [1.29, 1.82) is 0 Å². The van der Waals surface area contributed by atoms with Gasteiger partial charge in [-0.05, 0) is 24.5 Å². The smallest absolute Gasteiger partial charge is 0.0771 e. The van der Waals surface area contributed by atoms with Crippen LogP contribution in [0, 0.1) is 0 Å². The molecule has 1 unspecified atom stereocenters. The molecule has 0 amide bonds. The van der Waals surface area contributed by atoms with Gasteiger partial charge in [0, 0.05) is 31.7 Å². The van der Waals surface area contributed by atoms with Crippen LogP contribution in [0.5, 0.6) is 0 Å². The molecule has 1 aliphatic rings. The van der Waals surface area contributed by atoms with Crippen LogP contribution in [0.4, 0.5) is 5.69 Å². The van der Waals surface area contributed by atoms with Gasteiger partial charge in [-0.1, -0.05) is 0 Å². The summed E-state index contributed by atoms with van der Waals surface area (Å²) in [5.41, 5.74) is 2.29. The van der Waals surface area contributed by atoms with Crippen LogP contribution in [0.1, 0.15) is 18.4 Å². The second kappa shape index (κ2) is 5.27. The Balaban J connectivity index is 1.52. The van der Waals surface area contributed by atoms with E-state index in [2.05, 4.69) is 21.5 Å². The van der Waals surface area contributed by atoms with Gasteiger partial charge in [-0.25, -0.2) is 0 Å². The molecule has 18 heavy (non-hydrogen) atoms. The maximum absolute atomic E-state index is 5.60. The molecule has 3 rings (SSSR count). The summed E-state index contributed by atoms with van der Waals surface area (Å²) in [5, 5.41) is 7.69. The lowest BCUT2D eigenvalue weighted by Gasteiger charge is -2.08. The van der Waals surface area contributed by atoms with E-state index < -0.39 is 0 Å². The highest BCUT2D eigenvalue weighted by molar-refractivity contribution is 5.38. The Kier molecular flexibility index (Phi) is 3.32. The summed E-state index contributed by atoms with van der Waals surface area (Å²) in [6, 6.07) is 2.06. The Morgan fingerprint density at radius 1 is 1.56 bits per heavy atom. The van der Waals surface area contributed by atoms with Gasteiger partial charge in [0.2, 0.25) is 0 Å². The Morgan fingerprint density at radius 3 is 3.33 bits per heavy atom. The minimum Gasteiger partial charge on any atom is -0.378 e. The van der Waals surface area contributed by atoms with Crippen molar-refractivity contribution in [2.45, 2.75) is 32.0 Å². The first-order valence-electron chi connectivity index (χ1n) is 6.40. The molecule has 1 fully saturated rings. The van der Waals surface area contributed by atoms with Gasteiger partial charge in [-0.3, -0.25) is 4.68 Å². The average molecular weight is 246 g/mol. The van der Waals surface area contributed by atoms with Crippen LogP contribution in [0.15, 0.2) is 30.9 Å². The predicted octanol–water partition coefficient (Wildman–Crippen LogP) is 2.00. The zero-order chi connectivity index (χ0) is 12.2. The summed E-state index contributed by atoms with van der Waals surface area (Å²) in [6.45, 7) is 2.56. The zero-order valence-corrected chi connectivity index (χ0v) is 10.3. The van der Waals surface area contributed by atoms with E-state index in [0.29, 0.717) is 6.10 Å². The third kappa shape index (κ3) is 2.73. The first kappa shape index (κ1) is 11.3. The maximum Gasteiger partial charge on any atom is 0.0771 e. The van der Waals surface area contributed by atoms with Crippen LogP contribution in [-0.4, -0.2) is 27.5 Å². The van der Waals surface area contributed by atoms with Crippen LogP contribution >= 0.6 is 0 Å². The quantitative estimate of drug-likeness (QED) is 0.848. The van der Waals surface area contributed by atoms with Crippen molar-refractivity contribution in [3.63, 3.8) is 0 Å². The molecule has 0 radical (unpaired) electrons. The van der Waals surface area contributed by atoms with Gasteiger partial charge in [-0.2, -0.15) is 5.10 Å². The van der Waals surface area contributed by atoms with Gasteiger partial charge >= 0.3 is 0 Å². The number of aromatic nitrogens is 3. The summed E-state index contributed by atoms with van der Waals surface area (Å²) in [7, 11) is 0. The van der Waals surface area contributed by atoms with Crippen molar-refractivity contribution in [3.05, 3.63) is 36.4 Å². The molecule has 1 saturated heterocycles. The first-order valence-corrected chi connectivity index (χ1v) is 6.40. The largest absolute Gasteiger partial charge is 0.378 e. The summed E-state index contributed by atoms with van der Waals surface area (Å²) in [4.78, 5) is 3.04. The maximum atomic E-state index is 5.60. The summed E-state index contributed by atoms with van der Waals surface area (Å²) in [6.07, 6.45) is 10.5. The van der Waals surface area contributed by atoms with E-state index in [9.17, 15) is 0 Å². The summed E-state index contributed by atoms with van der Waals surface area (Å²) >= 11 is 0. The molecule has 2 N–H and O–H groups in total. The standard InChI is InChI=1S/C13H18N4O/c1-2-13(18-5-1)10-17-9-12(8-16-17)15-7-11-3-4-14-6-11/h3-4,6,8-9,13-15H,1-2,5,7,10H2. The number of nitrogens with zero attached hydrogens (tertiary/aromatic N) is 2. The number of H-pyrrole nitrogens is 1. The van der Waals surface area contributed by atoms with Crippen molar-refractivity contribution >= 4 is 5.69 Å². The van der Waals surface area contributed by atoms with Crippen molar-refractivity contribution in [2.75, 3.05) is 11.9 Å². The van der Waals surface area contributed by atoms with Crippen LogP contribution < -0.4 is 5.32 Å². The monoisotopic (exact) mass is 246 g/mol. The molecule has 0 spiro atoms. The molecule has 0 aliphatic carbocycles. The molecule has 2 aromatic rings. The van der Waals surface area contributed by atoms with Gasteiger partial charge in [0.15, 0.2) is 0 Å². The number of hydrogen-bond donors (Lipinski definition) is 2. The van der Waals surface area contributed by atoms with Gasteiger partial charge < -0.3 is 15.0 Å². The molecule has 1 atom stereocenters. The fourth-order valence-corrected chi connectivity index (χ4v) is 2.22. The molecule has 0 bridgehead atoms. The lowest BCUT2D eigenvalue weighted by molar-refractivity contribution is 0.0940. The summed E-state index contributed by atoms with van der Waals surface area (Å²) < 4.78 is 7.55. The molecule has 5 heteroatoms. The van der Waals surface area contributed by atoms with E-state index >= 15 is 0 Å². The highest BCUT2D eigenvalue weighted by Crippen LogP contribution is 2.15. The molecule has 1 aliphatic heterocycles. The van der Waals surface area contributed by atoms with Crippen molar-refractivity contribution in [3.8, 4) is 0 Å². The van der Waals surface area contributed by atoms with Gasteiger partial charge in [0.05, 0.1) is 24.5 Å². The molecule has 0 aromatic carbocycles. The fraction of sp³-hybridized carbons (Fsp3) is 0.462. The minimum absolute atomic E-state index is 0.336. The number of anilines is 1. The molecular formula is C13H18N4O. The number of rotatable bonds is 5. The van der Waals surface area contributed by atoms with Gasteiger partial charge in [-0.15, -0.1) is 0 Å². The summed E-state index contributed by atoms with van der Waals surface area (Å²) in [5.74, 6) is 0. The lowest BCUT2D eigenvalue weighted by Crippen LogP contribution is -2.15. The van der Waals surface area contributed by atoms with E-state index in [1.807, 2.05) is 29.5 Å². The fourth-order valence-electron chi connectivity index (χ4n) is 2.22. The third-order valence-corrected chi connectivity index (χ3v) is 3.21. The molecular weight excluding hydrogens is 228 g/mol. The Bertz CT molecular complexity index is 471. The molecule has 0 saturated carbocycles. The second-order valence-corrected chi connectivity index (χ2v) is 4.66. The number of nitrogens with one attached hydrogen (secondary N) is 2. The Hall–Kier alpha value is -1.75. The normalized spacial score (nSPS) is 19.2. The van der Waals surface area contributed by atoms with Crippen LogP contribution in [0.2, 0.25) is 0 Å². The van der Waals surface area contributed by atoms with E-state index in [1.54, 1.807) is 0 Å². The van der Waals surface area contributed by atoms with Crippen molar-refractivity contribution < 1.29 is 4.74 Å². The van der Waals surface area contributed by atoms with Crippen molar-refractivity contribution in [2.24, 2.45) is 0 Å². The zero-order valence-electron chi connectivity index (χ0n) is 10.3. The predicted molar refractivity (Wildman–Crippen MR) is 69.3 cm³/mol. The van der Waals surface area contributed by atoms with Crippen LogP contribution in [0.3, 0.4) is 0 Å². The van der Waals surface area contributed by atoms with E-state index in [0.717, 1.165) is 31.8 Å². The minimum atomic E-state index is 0.336. The molecule has 96 valence electrons. The van der Waals surface area contributed by atoms with Gasteiger partial charge in [0.1, 0.15) is 0 Å². The third-order valence-electron chi connectivity index (χ3n) is 3.21. The van der Waals surface area contributed by atoms with Crippen LogP contribution in [0.25, 0.3) is 0 Å². The molecule has 3 heterocycles. The van der Waals surface area contributed by atoms with E-state index in [4.69, 9.17) is 4.74 Å². The van der Waals surface area contributed by atoms with Crippen molar-refractivity contribution in [1.82, 2.24) is 14.8 Å². The number of ether oxygens (including phenoxy) is 1. The lowest BCUT2D eigenvalue weighted by atomic mass is 10.2. The number of aromatic amines is 1. The number of hydrogen-bond acceptors (Lipinski definition) is 3. The average Bonchev–Trinajstić information content (AvgIpc) is 3.09. The highest BCUT2D eigenvalue weighted by Gasteiger charge is 2.16. The Morgan fingerprint density at radius 2 is 2.56 bits per heavy atom.